The van der Waals surface area contributed by atoms with Crippen molar-refractivity contribution >= 4 is 11.8 Å². The van der Waals surface area contributed by atoms with Gasteiger partial charge in [-0.3, -0.25) is 9.59 Å². The van der Waals surface area contributed by atoms with E-state index in [1.54, 1.807) is 7.11 Å². The highest BCUT2D eigenvalue weighted by Crippen LogP contribution is 2.18. The third kappa shape index (κ3) is 7.59. The van der Waals surface area contributed by atoms with Crippen LogP contribution >= 0.6 is 0 Å². The van der Waals surface area contributed by atoms with E-state index in [9.17, 15) is 14.0 Å². The van der Waals surface area contributed by atoms with Crippen molar-refractivity contribution in [3.8, 4) is 11.5 Å². The fourth-order valence-electron chi connectivity index (χ4n) is 3.15. The van der Waals surface area contributed by atoms with Crippen molar-refractivity contribution in [2.24, 2.45) is 0 Å². The van der Waals surface area contributed by atoms with Crippen LogP contribution in [0.1, 0.15) is 38.7 Å². The van der Waals surface area contributed by atoms with Crippen molar-refractivity contribution < 1.29 is 23.5 Å². The Kier molecular flexibility index (Phi) is 9.81. The number of hydrogen-bond donors (Lipinski definition) is 1. The van der Waals surface area contributed by atoms with Gasteiger partial charge in [-0.2, -0.15) is 0 Å². The quantitative estimate of drug-likeness (QED) is 0.518. The third-order valence-electron chi connectivity index (χ3n) is 4.88. The average molecular weight is 431 g/mol. The number of unbranched alkanes of at least 4 members (excludes halogenated alkanes) is 1. The summed E-state index contributed by atoms with van der Waals surface area (Å²) >= 11 is 0. The van der Waals surface area contributed by atoms with E-state index in [1.807, 2.05) is 31.2 Å². The maximum atomic E-state index is 13.1. The number of ether oxygens (including phenoxy) is 2. The Morgan fingerprint density at radius 1 is 1.10 bits per heavy atom. The predicted molar refractivity (Wildman–Crippen MR) is 117 cm³/mol. The lowest BCUT2D eigenvalue weighted by molar-refractivity contribution is -0.143. The Balaban J connectivity index is 2.18. The fraction of sp³-hybridized carbons (Fsp3) is 0.417. The van der Waals surface area contributed by atoms with Crippen LogP contribution in [0.3, 0.4) is 0 Å². The molecule has 0 aliphatic rings. The van der Waals surface area contributed by atoms with E-state index < -0.39 is 6.04 Å². The van der Waals surface area contributed by atoms with E-state index in [0.717, 1.165) is 18.4 Å². The molecule has 168 valence electrons. The van der Waals surface area contributed by atoms with Crippen molar-refractivity contribution in [1.82, 2.24) is 10.2 Å². The van der Waals surface area contributed by atoms with Gasteiger partial charge in [-0.25, -0.2) is 4.39 Å². The molecule has 1 atom stereocenters. The number of halogens is 1. The van der Waals surface area contributed by atoms with Crippen LogP contribution in [0.2, 0.25) is 0 Å². The lowest BCUT2D eigenvalue weighted by atomic mass is 10.1. The van der Waals surface area contributed by atoms with Crippen molar-refractivity contribution in [1.29, 1.82) is 0 Å². The van der Waals surface area contributed by atoms with Crippen LogP contribution in [0, 0.1) is 5.82 Å². The highest BCUT2D eigenvalue weighted by Gasteiger charge is 2.28. The smallest absolute Gasteiger partial charge is 0.261 e. The molecule has 0 spiro atoms. The lowest BCUT2D eigenvalue weighted by Gasteiger charge is -2.30. The number of carbonyl (C=O) groups excluding carboxylic acids is 2. The Bertz CT molecular complexity index is 842. The Morgan fingerprint density at radius 2 is 1.84 bits per heavy atom. The third-order valence-corrected chi connectivity index (χ3v) is 4.88. The first-order chi connectivity index (χ1) is 15.0. The molecule has 2 aromatic carbocycles. The summed E-state index contributed by atoms with van der Waals surface area (Å²) in [6.07, 6.45) is 2.30. The molecule has 2 amide bonds. The first-order valence-corrected chi connectivity index (χ1v) is 10.6. The molecule has 0 fully saturated rings. The van der Waals surface area contributed by atoms with Gasteiger partial charge >= 0.3 is 0 Å². The molecule has 7 heteroatoms. The van der Waals surface area contributed by atoms with E-state index in [1.165, 1.54) is 29.2 Å². The van der Waals surface area contributed by atoms with Gasteiger partial charge < -0.3 is 19.7 Å². The highest BCUT2D eigenvalue weighted by atomic mass is 19.1. The molecule has 1 N–H and O–H groups in total. The van der Waals surface area contributed by atoms with Crippen LogP contribution in [-0.2, 0) is 16.1 Å². The SMILES string of the molecule is CCCCNC(=O)[C@@H](CC)N(Cc1cccc(OC)c1)C(=O)COc1ccc(F)cc1. The normalized spacial score (nSPS) is 11.5. The summed E-state index contributed by atoms with van der Waals surface area (Å²) in [6.45, 7) is 4.47. The number of hydrogen-bond acceptors (Lipinski definition) is 4. The van der Waals surface area contributed by atoms with Gasteiger partial charge in [0.2, 0.25) is 5.91 Å². The van der Waals surface area contributed by atoms with E-state index in [-0.39, 0.29) is 30.8 Å². The summed E-state index contributed by atoms with van der Waals surface area (Å²) in [5.41, 5.74) is 0.842. The molecule has 31 heavy (non-hydrogen) atoms. The monoisotopic (exact) mass is 430 g/mol. The minimum absolute atomic E-state index is 0.186. The molecular weight excluding hydrogens is 399 g/mol. The van der Waals surface area contributed by atoms with Crippen LogP contribution in [0.25, 0.3) is 0 Å². The van der Waals surface area contributed by atoms with Gasteiger partial charge in [0.1, 0.15) is 23.4 Å². The van der Waals surface area contributed by atoms with Crippen molar-refractivity contribution in [2.45, 2.75) is 45.7 Å². The molecule has 6 nitrogen and oxygen atoms in total. The van der Waals surface area contributed by atoms with E-state index in [2.05, 4.69) is 12.2 Å². The number of nitrogens with one attached hydrogen (secondary N) is 1. The summed E-state index contributed by atoms with van der Waals surface area (Å²) < 4.78 is 23.9. The molecule has 0 saturated heterocycles. The molecule has 0 aliphatic heterocycles. The number of rotatable bonds is 12. The minimum Gasteiger partial charge on any atom is -0.497 e. The van der Waals surface area contributed by atoms with Gasteiger partial charge in [0.15, 0.2) is 6.61 Å². The maximum absolute atomic E-state index is 13.1. The summed E-state index contributed by atoms with van der Waals surface area (Å²) in [5.74, 6) is 0.163. The minimum atomic E-state index is -0.632. The van der Waals surface area contributed by atoms with Gasteiger partial charge in [0, 0.05) is 13.1 Å². The van der Waals surface area contributed by atoms with Crippen molar-refractivity contribution in [3.63, 3.8) is 0 Å². The largest absolute Gasteiger partial charge is 0.497 e. The van der Waals surface area contributed by atoms with Gasteiger partial charge in [0.05, 0.1) is 7.11 Å². The van der Waals surface area contributed by atoms with Crippen LogP contribution in [0.4, 0.5) is 4.39 Å². The fourth-order valence-corrected chi connectivity index (χ4v) is 3.15. The first kappa shape index (κ1) is 24.2. The number of benzene rings is 2. The van der Waals surface area contributed by atoms with Gasteiger partial charge in [0.25, 0.3) is 5.91 Å². The Labute approximate surface area is 183 Å². The molecule has 0 unspecified atom stereocenters. The zero-order chi connectivity index (χ0) is 22.6. The molecule has 0 aromatic heterocycles. The summed E-state index contributed by atoms with van der Waals surface area (Å²) in [6, 6.07) is 12.2. The van der Waals surface area contributed by atoms with Gasteiger partial charge in [-0.15, -0.1) is 0 Å². The maximum Gasteiger partial charge on any atom is 0.261 e. The molecule has 0 heterocycles. The summed E-state index contributed by atoms with van der Waals surface area (Å²) in [4.78, 5) is 27.4. The van der Waals surface area contributed by atoms with Crippen LogP contribution in [0.15, 0.2) is 48.5 Å². The second-order valence-corrected chi connectivity index (χ2v) is 7.18. The Morgan fingerprint density at radius 3 is 2.48 bits per heavy atom. The highest BCUT2D eigenvalue weighted by molar-refractivity contribution is 5.88. The molecule has 0 bridgehead atoms. The van der Waals surface area contributed by atoms with Crippen LogP contribution in [-0.4, -0.2) is 43.0 Å². The molecular formula is C24H31FN2O4. The van der Waals surface area contributed by atoms with E-state index in [0.29, 0.717) is 24.5 Å². The molecule has 2 aromatic rings. The van der Waals surface area contributed by atoms with Crippen LogP contribution in [0.5, 0.6) is 11.5 Å². The topological polar surface area (TPSA) is 67.9 Å². The lowest BCUT2D eigenvalue weighted by Crippen LogP contribution is -2.50. The Hall–Kier alpha value is -3.09. The first-order valence-electron chi connectivity index (χ1n) is 10.6. The number of carbonyl (C=O) groups is 2. The number of nitrogens with zero attached hydrogens (tertiary/aromatic N) is 1. The molecule has 0 aliphatic carbocycles. The summed E-state index contributed by atoms with van der Waals surface area (Å²) in [7, 11) is 1.58. The standard InChI is InChI=1S/C24H31FN2O4/c1-4-6-14-26-24(29)22(5-2)27(16-18-8-7-9-21(15-18)30-3)23(28)17-31-20-12-10-19(25)11-13-20/h7-13,15,22H,4-6,14,16-17H2,1-3H3,(H,26,29)/t22-/m1/s1. The average Bonchev–Trinajstić information content (AvgIpc) is 2.78. The van der Waals surface area contributed by atoms with Gasteiger partial charge in [-0.1, -0.05) is 32.4 Å². The zero-order valence-corrected chi connectivity index (χ0v) is 18.4. The number of amides is 2. The van der Waals surface area contributed by atoms with E-state index in [4.69, 9.17) is 9.47 Å². The second-order valence-electron chi connectivity index (χ2n) is 7.18. The zero-order valence-electron chi connectivity index (χ0n) is 18.4. The number of methoxy groups -OCH3 is 1. The van der Waals surface area contributed by atoms with Crippen molar-refractivity contribution in [2.75, 3.05) is 20.3 Å². The van der Waals surface area contributed by atoms with E-state index >= 15 is 0 Å². The van der Waals surface area contributed by atoms with Crippen LogP contribution < -0.4 is 14.8 Å². The molecule has 0 saturated carbocycles. The van der Waals surface area contributed by atoms with Crippen molar-refractivity contribution in [3.05, 3.63) is 59.9 Å². The second kappa shape index (κ2) is 12.6. The molecule has 0 radical (unpaired) electrons. The molecule has 2 rings (SSSR count). The predicted octanol–water partition coefficient (Wildman–Crippen LogP) is 3.94. The van der Waals surface area contributed by atoms with Gasteiger partial charge in [-0.05, 0) is 54.8 Å². The summed E-state index contributed by atoms with van der Waals surface area (Å²) in [5, 5.41) is 2.92.